The lowest BCUT2D eigenvalue weighted by atomic mass is 10.4. The highest BCUT2D eigenvalue weighted by Gasteiger charge is 2.27. The number of hydrogen-bond acceptors (Lipinski definition) is 3. The van der Waals surface area contributed by atoms with E-state index in [1.165, 1.54) is 0 Å². The quantitative estimate of drug-likeness (QED) is 0.372. The van der Waals surface area contributed by atoms with Gasteiger partial charge in [-0.2, -0.15) is 0 Å². The minimum absolute atomic E-state index is 0.259. The van der Waals surface area contributed by atoms with Crippen LogP contribution in [0.3, 0.4) is 0 Å². The summed E-state index contributed by atoms with van der Waals surface area (Å²) in [6, 6.07) is 0. The Labute approximate surface area is 71.4 Å². The van der Waals surface area contributed by atoms with Crippen molar-refractivity contribution in [2.45, 2.75) is 0 Å². The maximum absolute atomic E-state index is 10.6. The van der Waals surface area contributed by atoms with Gasteiger partial charge in [-0.1, -0.05) is 12.7 Å². The fourth-order valence-electron chi connectivity index (χ4n) is 1.34. The Bertz CT molecular complexity index is 245. The summed E-state index contributed by atoms with van der Waals surface area (Å²) in [6.45, 7) is 5.58. The van der Waals surface area contributed by atoms with Crippen molar-refractivity contribution >= 4 is 11.8 Å². The Morgan fingerprint density at radius 3 is 3.08 bits per heavy atom. The highest BCUT2D eigenvalue weighted by molar-refractivity contribution is 6.31. The van der Waals surface area contributed by atoms with Crippen molar-refractivity contribution in [2.24, 2.45) is 0 Å². The summed E-state index contributed by atoms with van der Waals surface area (Å²) in [6.07, 6.45) is 1.68. The summed E-state index contributed by atoms with van der Waals surface area (Å²) >= 11 is 0. The maximum Gasteiger partial charge on any atom is 0.295 e. The van der Waals surface area contributed by atoms with E-state index in [1.807, 2.05) is 0 Å². The molecule has 12 heavy (non-hydrogen) atoms. The molecule has 4 heteroatoms. The number of likely N-dealkylation sites (N-methyl/N-ethyl adjacent to an activating group) is 1. The van der Waals surface area contributed by atoms with Crippen molar-refractivity contribution in [3.63, 3.8) is 0 Å². The van der Waals surface area contributed by atoms with Gasteiger partial charge in [-0.15, -0.1) is 0 Å². The van der Waals surface area contributed by atoms with Crippen LogP contribution in [0.15, 0.2) is 12.7 Å². The summed E-state index contributed by atoms with van der Waals surface area (Å²) in [7, 11) is 1.74. The summed E-state index contributed by atoms with van der Waals surface area (Å²) < 4.78 is 1.68. The smallest absolute Gasteiger partial charge is 0.295 e. The van der Waals surface area contributed by atoms with Crippen LogP contribution in [0.25, 0.3) is 0 Å². The van der Waals surface area contributed by atoms with E-state index in [2.05, 4.69) is 6.58 Å². The number of carbonyl (C=O) groups excluding carboxylic acids is 1. The number of rotatable bonds is 3. The minimum Gasteiger partial charge on any atom is -0.538 e. The van der Waals surface area contributed by atoms with Crippen molar-refractivity contribution in [2.75, 3.05) is 26.7 Å². The van der Waals surface area contributed by atoms with Crippen LogP contribution in [0.5, 0.6) is 0 Å². The molecule has 0 N–H and O–H groups in total. The van der Waals surface area contributed by atoms with Crippen molar-refractivity contribution in [1.29, 1.82) is 0 Å². The standard InChI is InChI=1S/C8H12N2O2/c1-3-4-10-6-5-9(2)7(10)8(11)12/h3H,1,4-6H2,2H3. The largest absolute Gasteiger partial charge is 0.538 e. The Morgan fingerprint density at radius 1 is 1.92 bits per heavy atom. The van der Waals surface area contributed by atoms with Gasteiger partial charge in [0.25, 0.3) is 5.84 Å². The Hall–Kier alpha value is -1.32. The summed E-state index contributed by atoms with van der Waals surface area (Å²) in [4.78, 5) is 12.4. The molecule has 0 atom stereocenters. The maximum atomic E-state index is 10.6. The van der Waals surface area contributed by atoms with Crippen LogP contribution in [0.1, 0.15) is 0 Å². The predicted molar refractivity (Wildman–Crippen MR) is 42.8 cm³/mol. The zero-order valence-electron chi connectivity index (χ0n) is 7.12. The number of hydrogen-bond donors (Lipinski definition) is 0. The third-order valence-electron chi connectivity index (χ3n) is 1.90. The zero-order valence-corrected chi connectivity index (χ0v) is 7.12. The molecular weight excluding hydrogens is 156 g/mol. The predicted octanol–water partition coefficient (Wildman–Crippen LogP) is -1.72. The molecule has 0 amide bonds. The Morgan fingerprint density at radius 2 is 2.58 bits per heavy atom. The molecule has 1 heterocycles. The summed E-state index contributed by atoms with van der Waals surface area (Å²) in [5.41, 5.74) is 0. The monoisotopic (exact) mass is 168 g/mol. The number of carbonyl (C=O) groups is 1. The van der Waals surface area contributed by atoms with Gasteiger partial charge in [-0.05, 0) is 0 Å². The summed E-state index contributed by atoms with van der Waals surface area (Å²) in [5.74, 6) is -0.855. The molecule has 66 valence electrons. The molecule has 4 nitrogen and oxygen atoms in total. The van der Waals surface area contributed by atoms with Crippen molar-refractivity contribution in [3.05, 3.63) is 12.7 Å². The van der Waals surface area contributed by atoms with Gasteiger partial charge in [0.05, 0.1) is 7.05 Å². The zero-order chi connectivity index (χ0) is 9.14. The molecule has 0 fully saturated rings. The molecule has 1 aliphatic heterocycles. The van der Waals surface area contributed by atoms with Crippen LogP contribution >= 0.6 is 0 Å². The summed E-state index contributed by atoms with van der Waals surface area (Å²) in [5, 5.41) is 10.6. The minimum atomic E-state index is -1.11. The molecule has 0 aromatic heterocycles. The molecule has 0 aromatic rings. The van der Waals surface area contributed by atoms with Gasteiger partial charge in [0.15, 0.2) is 5.97 Å². The van der Waals surface area contributed by atoms with Crippen molar-refractivity contribution in [1.82, 2.24) is 4.90 Å². The Kier molecular flexibility index (Phi) is 2.47. The van der Waals surface area contributed by atoms with Crippen LogP contribution in [-0.2, 0) is 4.79 Å². The lowest BCUT2D eigenvalue weighted by molar-refractivity contribution is -0.488. The average molecular weight is 168 g/mol. The number of carboxylic acids is 1. The molecule has 0 unspecified atom stereocenters. The van der Waals surface area contributed by atoms with E-state index in [9.17, 15) is 9.90 Å². The van der Waals surface area contributed by atoms with Gasteiger partial charge in [0.2, 0.25) is 0 Å². The van der Waals surface area contributed by atoms with E-state index in [-0.39, 0.29) is 5.84 Å². The highest BCUT2D eigenvalue weighted by atomic mass is 16.4. The molecule has 0 bridgehead atoms. The molecule has 1 rings (SSSR count). The average Bonchev–Trinajstić information content (AvgIpc) is 2.32. The van der Waals surface area contributed by atoms with Gasteiger partial charge in [0.1, 0.15) is 19.6 Å². The number of carboxylic acid groups (broad SMARTS) is 1. The van der Waals surface area contributed by atoms with E-state index in [0.29, 0.717) is 6.54 Å². The van der Waals surface area contributed by atoms with E-state index in [4.69, 9.17) is 0 Å². The van der Waals surface area contributed by atoms with E-state index in [0.717, 1.165) is 13.1 Å². The number of nitrogens with zero attached hydrogens (tertiary/aromatic N) is 2. The third-order valence-corrected chi connectivity index (χ3v) is 1.90. The second-order valence-corrected chi connectivity index (χ2v) is 2.77. The molecule has 0 saturated heterocycles. The first-order valence-corrected chi connectivity index (χ1v) is 3.82. The van der Waals surface area contributed by atoms with Gasteiger partial charge >= 0.3 is 0 Å². The van der Waals surface area contributed by atoms with Gasteiger partial charge in [-0.3, -0.25) is 9.48 Å². The van der Waals surface area contributed by atoms with E-state index >= 15 is 0 Å². The lowest BCUT2D eigenvalue weighted by Crippen LogP contribution is -2.44. The van der Waals surface area contributed by atoms with Crippen molar-refractivity contribution in [3.8, 4) is 0 Å². The molecule has 0 aliphatic carbocycles. The van der Waals surface area contributed by atoms with Gasteiger partial charge in [-0.25, -0.2) is 0 Å². The second kappa shape index (κ2) is 3.38. The molecule has 0 radical (unpaired) electrons. The molecular formula is C8H12N2O2. The van der Waals surface area contributed by atoms with Crippen LogP contribution in [-0.4, -0.2) is 48.0 Å². The third kappa shape index (κ3) is 1.47. The van der Waals surface area contributed by atoms with Crippen LogP contribution in [0.2, 0.25) is 0 Å². The van der Waals surface area contributed by atoms with Crippen LogP contribution in [0.4, 0.5) is 0 Å². The van der Waals surface area contributed by atoms with E-state index < -0.39 is 5.97 Å². The number of amidine groups is 1. The van der Waals surface area contributed by atoms with Crippen LogP contribution < -0.4 is 5.11 Å². The molecule has 0 spiro atoms. The first-order chi connectivity index (χ1) is 5.66. The molecule has 1 aliphatic rings. The van der Waals surface area contributed by atoms with Gasteiger partial charge < -0.3 is 9.90 Å². The molecule has 0 saturated carbocycles. The van der Waals surface area contributed by atoms with Crippen molar-refractivity contribution < 1.29 is 14.5 Å². The fourth-order valence-corrected chi connectivity index (χ4v) is 1.34. The SMILES string of the molecule is C=CCN1CC[N+](C)=C1C(=O)[O-]. The van der Waals surface area contributed by atoms with E-state index in [1.54, 1.807) is 22.6 Å². The topological polar surface area (TPSA) is 46.4 Å². The van der Waals surface area contributed by atoms with Gasteiger partial charge in [0, 0.05) is 0 Å². The fraction of sp³-hybridized carbons (Fsp3) is 0.500. The first-order valence-electron chi connectivity index (χ1n) is 3.82. The normalized spacial score (nSPS) is 16.9. The first kappa shape index (κ1) is 8.77. The highest BCUT2D eigenvalue weighted by Crippen LogP contribution is 1.99. The Balaban J connectivity index is 2.81. The van der Waals surface area contributed by atoms with Crippen LogP contribution in [0, 0.1) is 0 Å². The molecule has 0 aromatic carbocycles. The lowest BCUT2D eigenvalue weighted by Gasteiger charge is -2.10. The second-order valence-electron chi connectivity index (χ2n) is 2.77. The number of aliphatic carboxylic acids is 1.